The summed E-state index contributed by atoms with van der Waals surface area (Å²) in [5.41, 5.74) is 0. The van der Waals surface area contributed by atoms with Gasteiger partial charge in [0.1, 0.15) is 0 Å². The van der Waals surface area contributed by atoms with E-state index in [9.17, 15) is 0 Å². The fourth-order valence-electron chi connectivity index (χ4n) is 2.97. The summed E-state index contributed by atoms with van der Waals surface area (Å²) in [7, 11) is 0. The summed E-state index contributed by atoms with van der Waals surface area (Å²) in [6, 6.07) is 0. The molecule has 0 atom stereocenters. The molecule has 0 spiro atoms. The van der Waals surface area contributed by atoms with Gasteiger partial charge in [-0.2, -0.15) is 0 Å². The molecule has 0 radical (unpaired) electrons. The van der Waals surface area contributed by atoms with Crippen molar-refractivity contribution in [3.05, 3.63) is 0 Å². The van der Waals surface area contributed by atoms with Crippen LogP contribution in [0.15, 0.2) is 0 Å². The SMILES string of the molecule is CCC[CH2][Sn]([CH2]CCC)([O]CC)[O][Sn]([CH2]CCC)([O]CC)[O]CC. The minimum atomic E-state index is -3.50. The molecule has 0 N–H and O–H groups in total. The van der Waals surface area contributed by atoms with Crippen molar-refractivity contribution in [3.8, 4) is 0 Å². The summed E-state index contributed by atoms with van der Waals surface area (Å²) in [5, 5.41) is 0. The molecule has 0 amide bonds. The van der Waals surface area contributed by atoms with E-state index in [1.54, 1.807) is 0 Å². The second-order valence-corrected chi connectivity index (χ2v) is 26.6. The zero-order chi connectivity index (χ0) is 18.3. The molecule has 0 aliphatic heterocycles. The van der Waals surface area contributed by atoms with Gasteiger partial charge in [-0.1, -0.05) is 0 Å². The fraction of sp³-hybridized carbons (Fsp3) is 1.00. The number of hydrogen-bond donors (Lipinski definition) is 0. The van der Waals surface area contributed by atoms with Gasteiger partial charge in [0.2, 0.25) is 0 Å². The van der Waals surface area contributed by atoms with Crippen LogP contribution < -0.4 is 0 Å². The number of hydrogen-bond acceptors (Lipinski definition) is 4. The van der Waals surface area contributed by atoms with Crippen molar-refractivity contribution < 1.29 is 10.6 Å². The molecule has 0 saturated carbocycles. The predicted octanol–water partition coefficient (Wildman–Crippen LogP) is 5.89. The summed E-state index contributed by atoms with van der Waals surface area (Å²) in [5.74, 6) is 0. The van der Waals surface area contributed by atoms with Gasteiger partial charge in [-0.3, -0.25) is 0 Å². The molecule has 0 fully saturated rings. The molecule has 0 aliphatic carbocycles. The summed E-state index contributed by atoms with van der Waals surface area (Å²) in [6.07, 6.45) is 7.08. The summed E-state index contributed by atoms with van der Waals surface area (Å²) in [6.45, 7) is 15.1. The normalized spacial score (nSPS) is 12.8. The van der Waals surface area contributed by atoms with E-state index < -0.39 is 38.8 Å². The third-order valence-electron chi connectivity index (χ3n) is 4.14. The van der Waals surface area contributed by atoms with Crippen molar-refractivity contribution in [1.29, 1.82) is 0 Å². The van der Waals surface area contributed by atoms with Gasteiger partial charge in [0.25, 0.3) is 0 Å². The van der Waals surface area contributed by atoms with Crippen LogP contribution in [-0.2, 0) is 10.6 Å². The molecule has 4 nitrogen and oxygen atoms in total. The summed E-state index contributed by atoms with van der Waals surface area (Å²) < 4.78 is 29.3. The van der Waals surface area contributed by atoms with Gasteiger partial charge in [-0.15, -0.1) is 0 Å². The van der Waals surface area contributed by atoms with Crippen LogP contribution >= 0.6 is 0 Å². The second kappa shape index (κ2) is 15.5. The standard InChI is InChI=1S/3C4H9.3C2H5O.O.2Sn/c3*1-3-4-2;3*1-2-3;;;/h3*1,3-4H2,2H3;3*2H2,1H3;;;/q;;;3*-1;;+1;+2. The fourth-order valence-corrected chi connectivity index (χ4v) is 40.0. The van der Waals surface area contributed by atoms with Crippen LogP contribution in [0, 0.1) is 0 Å². The summed E-state index contributed by atoms with van der Waals surface area (Å²) in [4.78, 5) is 0. The van der Waals surface area contributed by atoms with Gasteiger partial charge < -0.3 is 0 Å². The molecule has 0 aliphatic rings. The Labute approximate surface area is 161 Å². The van der Waals surface area contributed by atoms with Gasteiger partial charge in [0.05, 0.1) is 0 Å². The molecule has 0 aromatic carbocycles. The molecule has 0 unspecified atom stereocenters. The van der Waals surface area contributed by atoms with Crippen LogP contribution in [0.5, 0.6) is 0 Å². The van der Waals surface area contributed by atoms with Crippen molar-refractivity contribution in [2.24, 2.45) is 0 Å². The first-order valence-corrected chi connectivity index (χ1v) is 22.1. The van der Waals surface area contributed by atoms with Crippen LogP contribution in [0.1, 0.15) is 80.1 Å². The Morgan fingerprint density at radius 3 is 1.33 bits per heavy atom. The molecule has 0 heterocycles. The van der Waals surface area contributed by atoms with E-state index in [0.717, 1.165) is 32.8 Å². The molecule has 0 rings (SSSR count). The topological polar surface area (TPSA) is 36.9 Å². The molecule has 146 valence electrons. The van der Waals surface area contributed by atoms with Crippen LogP contribution in [0.4, 0.5) is 0 Å². The van der Waals surface area contributed by atoms with Crippen LogP contribution in [0.2, 0.25) is 13.3 Å². The third kappa shape index (κ3) is 9.95. The first-order valence-electron chi connectivity index (χ1n) is 10.2. The maximum atomic E-state index is 7.01. The minimum absolute atomic E-state index is 0.690. The zero-order valence-corrected chi connectivity index (χ0v) is 22.8. The Bertz CT molecular complexity index is 276. The molecule has 0 saturated heterocycles. The summed E-state index contributed by atoms with van der Waals surface area (Å²) >= 11 is -6.65. The average Bonchev–Trinajstić information content (AvgIpc) is 2.57. The van der Waals surface area contributed by atoms with Gasteiger partial charge >= 0.3 is 163 Å². The van der Waals surface area contributed by atoms with Crippen molar-refractivity contribution in [2.75, 3.05) is 19.8 Å². The Balaban J connectivity index is 5.45. The van der Waals surface area contributed by atoms with E-state index in [1.165, 1.54) is 25.7 Å². The monoisotopic (exact) mass is 562 g/mol. The average molecular weight is 560 g/mol. The van der Waals surface area contributed by atoms with Crippen molar-refractivity contribution in [3.63, 3.8) is 0 Å². The van der Waals surface area contributed by atoms with Gasteiger partial charge in [-0.25, -0.2) is 0 Å². The Hall–Kier alpha value is 1.44. The predicted molar refractivity (Wildman–Crippen MR) is 107 cm³/mol. The molecular formula is C18H42O4Sn2. The molecule has 6 heteroatoms. The number of rotatable bonds is 17. The van der Waals surface area contributed by atoms with E-state index in [1.807, 2.05) is 0 Å². The molecular weight excluding hydrogens is 518 g/mol. The van der Waals surface area contributed by atoms with E-state index in [0.29, 0.717) is 13.2 Å². The quantitative estimate of drug-likeness (QED) is 0.208. The van der Waals surface area contributed by atoms with Crippen LogP contribution in [0.25, 0.3) is 0 Å². The first-order chi connectivity index (χ1) is 11.6. The molecule has 0 aromatic heterocycles. The molecule has 0 aromatic rings. The Morgan fingerprint density at radius 1 is 0.542 bits per heavy atom. The van der Waals surface area contributed by atoms with E-state index in [2.05, 4.69) is 41.5 Å². The number of unbranched alkanes of at least 4 members (excludes halogenated alkanes) is 3. The van der Waals surface area contributed by atoms with Crippen molar-refractivity contribution in [2.45, 2.75) is 93.4 Å². The molecule has 0 bridgehead atoms. The molecule has 24 heavy (non-hydrogen) atoms. The second-order valence-electron chi connectivity index (χ2n) is 6.31. The maximum absolute atomic E-state index is 7.01. The zero-order valence-electron chi connectivity index (χ0n) is 17.1. The first kappa shape index (κ1) is 25.4. The van der Waals surface area contributed by atoms with Crippen LogP contribution in [0.3, 0.4) is 0 Å². The van der Waals surface area contributed by atoms with E-state index in [-0.39, 0.29) is 0 Å². The van der Waals surface area contributed by atoms with Gasteiger partial charge in [0, 0.05) is 0 Å². The van der Waals surface area contributed by atoms with Crippen LogP contribution in [-0.4, -0.2) is 58.6 Å². The van der Waals surface area contributed by atoms with E-state index >= 15 is 0 Å². The van der Waals surface area contributed by atoms with Crippen molar-refractivity contribution >= 4 is 38.8 Å². The van der Waals surface area contributed by atoms with Gasteiger partial charge in [0.15, 0.2) is 0 Å². The Kier molecular flexibility index (Phi) is 16.4. The third-order valence-corrected chi connectivity index (χ3v) is 34.8. The van der Waals surface area contributed by atoms with E-state index in [4.69, 9.17) is 10.6 Å². The van der Waals surface area contributed by atoms with Crippen molar-refractivity contribution in [1.82, 2.24) is 0 Å². The Morgan fingerprint density at radius 2 is 0.958 bits per heavy atom. The van der Waals surface area contributed by atoms with Gasteiger partial charge in [-0.05, 0) is 0 Å².